The summed E-state index contributed by atoms with van der Waals surface area (Å²) < 4.78 is 2.42. The normalized spacial score (nSPS) is 19.2. The van der Waals surface area contributed by atoms with E-state index in [0.717, 1.165) is 6.42 Å². The van der Waals surface area contributed by atoms with Gasteiger partial charge in [0.25, 0.3) is 0 Å². The Morgan fingerprint density at radius 3 is 1.90 bits per heavy atom. The van der Waals surface area contributed by atoms with Crippen LogP contribution in [0.3, 0.4) is 0 Å². The molecule has 2 heteroatoms. The van der Waals surface area contributed by atoms with Crippen LogP contribution in [0.25, 0.3) is 0 Å². The van der Waals surface area contributed by atoms with E-state index in [1.54, 1.807) is 0 Å². The molecule has 0 saturated heterocycles. The summed E-state index contributed by atoms with van der Waals surface area (Å²) in [6, 6.07) is 0.538. The number of hydrogen-bond donors (Lipinski definition) is 0. The second kappa shape index (κ2) is 15.5. The Bertz CT molecular complexity index is 626. The first-order valence-electron chi connectivity index (χ1n) is 13.5. The van der Waals surface area contributed by atoms with Crippen molar-refractivity contribution >= 4 is 0 Å². The van der Waals surface area contributed by atoms with Crippen LogP contribution in [0.4, 0.5) is 0 Å². The molecule has 0 bridgehead atoms. The Morgan fingerprint density at radius 1 is 0.839 bits per heavy atom. The molecule has 2 atom stereocenters. The summed E-state index contributed by atoms with van der Waals surface area (Å²) in [6.45, 7) is 6.97. The van der Waals surface area contributed by atoms with E-state index in [-0.39, 0.29) is 5.41 Å². The molecule has 0 fully saturated rings. The highest BCUT2D eigenvalue weighted by atomic mass is 15.1. The predicted molar refractivity (Wildman–Crippen MR) is 137 cm³/mol. The van der Waals surface area contributed by atoms with Crippen LogP contribution in [-0.2, 0) is 5.41 Å². The molecule has 0 amide bonds. The summed E-state index contributed by atoms with van der Waals surface area (Å²) in [5, 5.41) is 0. The number of hydrogen-bond acceptors (Lipinski definition) is 1. The summed E-state index contributed by atoms with van der Waals surface area (Å²) in [7, 11) is 0. The second-order valence-corrected chi connectivity index (χ2v) is 10.2. The van der Waals surface area contributed by atoms with Crippen molar-refractivity contribution in [2.75, 3.05) is 0 Å². The molecule has 1 aromatic rings. The third kappa shape index (κ3) is 9.79. The number of rotatable bonds is 18. The number of aromatic nitrogens is 2. The summed E-state index contributed by atoms with van der Waals surface area (Å²) in [5.74, 6) is 1.22. The first kappa shape index (κ1) is 25.9. The standard InChI is InChI=1S/C29H50N2/c1-4-5-6-7-8-9-10-11-12-13-14-15-16-17-19-22-27(2)31-26-25-30-28(31)29(3)23-20-18-21-24-29/h18,20-21,23,25-27H,4-17,19,22,24H2,1-3H3. The van der Waals surface area contributed by atoms with Gasteiger partial charge in [-0.05, 0) is 26.7 Å². The van der Waals surface area contributed by atoms with Crippen molar-refractivity contribution in [1.29, 1.82) is 0 Å². The molecule has 0 saturated carbocycles. The summed E-state index contributed by atoms with van der Waals surface area (Å²) in [5.41, 5.74) is 0.0432. The smallest absolute Gasteiger partial charge is 0.119 e. The molecule has 2 nitrogen and oxygen atoms in total. The molecule has 31 heavy (non-hydrogen) atoms. The van der Waals surface area contributed by atoms with Crippen molar-refractivity contribution in [3.05, 3.63) is 42.5 Å². The maximum Gasteiger partial charge on any atom is 0.119 e. The lowest BCUT2D eigenvalue weighted by atomic mass is 9.82. The van der Waals surface area contributed by atoms with Crippen LogP contribution in [-0.4, -0.2) is 9.55 Å². The lowest BCUT2D eigenvalue weighted by Crippen LogP contribution is -2.26. The molecule has 0 N–H and O–H groups in total. The maximum absolute atomic E-state index is 4.73. The zero-order valence-corrected chi connectivity index (χ0v) is 21.0. The van der Waals surface area contributed by atoms with E-state index < -0.39 is 0 Å². The van der Waals surface area contributed by atoms with Crippen LogP contribution in [0.2, 0.25) is 0 Å². The number of allylic oxidation sites excluding steroid dienone is 4. The zero-order chi connectivity index (χ0) is 22.2. The van der Waals surface area contributed by atoms with Gasteiger partial charge in [-0.1, -0.05) is 128 Å². The van der Waals surface area contributed by atoms with Gasteiger partial charge >= 0.3 is 0 Å². The first-order chi connectivity index (χ1) is 15.2. The predicted octanol–water partition coefficient (Wildman–Crippen LogP) is 9.48. The summed E-state index contributed by atoms with van der Waals surface area (Å²) >= 11 is 0. The Morgan fingerprint density at radius 2 is 1.39 bits per heavy atom. The van der Waals surface area contributed by atoms with E-state index in [4.69, 9.17) is 4.98 Å². The molecule has 1 aliphatic rings. The van der Waals surface area contributed by atoms with Gasteiger partial charge in [0.2, 0.25) is 0 Å². The van der Waals surface area contributed by atoms with E-state index in [1.807, 2.05) is 6.20 Å². The molecule has 1 aliphatic carbocycles. The minimum atomic E-state index is 0.0432. The highest BCUT2D eigenvalue weighted by molar-refractivity contribution is 5.27. The minimum absolute atomic E-state index is 0.0432. The van der Waals surface area contributed by atoms with Gasteiger partial charge in [-0.3, -0.25) is 0 Å². The van der Waals surface area contributed by atoms with Gasteiger partial charge in [0.05, 0.1) is 0 Å². The molecule has 1 heterocycles. The van der Waals surface area contributed by atoms with Gasteiger partial charge in [0.15, 0.2) is 0 Å². The molecule has 0 aliphatic heterocycles. The van der Waals surface area contributed by atoms with Gasteiger partial charge in [-0.25, -0.2) is 4.98 Å². The van der Waals surface area contributed by atoms with E-state index >= 15 is 0 Å². The van der Waals surface area contributed by atoms with Gasteiger partial charge in [-0.15, -0.1) is 0 Å². The quantitative estimate of drug-likeness (QED) is 0.214. The molecule has 1 aromatic heterocycles. The topological polar surface area (TPSA) is 17.8 Å². The van der Waals surface area contributed by atoms with Gasteiger partial charge in [-0.2, -0.15) is 0 Å². The van der Waals surface area contributed by atoms with Gasteiger partial charge in [0, 0.05) is 23.9 Å². The van der Waals surface area contributed by atoms with E-state index in [2.05, 4.69) is 55.8 Å². The molecule has 2 unspecified atom stereocenters. The zero-order valence-electron chi connectivity index (χ0n) is 21.0. The molecular weight excluding hydrogens is 376 g/mol. The third-order valence-electron chi connectivity index (χ3n) is 7.13. The van der Waals surface area contributed by atoms with Gasteiger partial charge in [0.1, 0.15) is 5.82 Å². The van der Waals surface area contributed by atoms with E-state index in [1.165, 1.54) is 109 Å². The van der Waals surface area contributed by atoms with E-state index in [9.17, 15) is 0 Å². The average Bonchev–Trinajstić information content (AvgIpc) is 3.28. The number of unbranched alkanes of at least 4 members (excludes halogenated alkanes) is 14. The van der Waals surface area contributed by atoms with Crippen molar-refractivity contribution in [3.63, 3.8) is 0 Å². The average molecular weight is 427 g/mol. The van der Waals surface area contributed by atoms with Crippen molar-refractivity contribution in [2.45, 2.75) is 141 Å². The van der Waals surface area contributed by atoms with Crippen molar-refractivity contribution in [1.82, 2.24) is 9.55 Å². The third-order valence-corrected chi connectivity index (χ3v) is 7.13. The van der Waals surface area contributed by atoms with Crippen LogP contribution >= 0.6 is 0 Å². The van der Waals surface area contributed by atoms with Crippen molar-refractivity contribution in [3.8, 4) is 0 Å². The minimum Gasteiger partial charge on any atom is -0.331 e. The number of imidazole rings is 1. The Kier molecular flexibility index (Phi) is 13.0. The SMILES string of the molecule is CCCCCCCCCCCCCCCCCC(C)n1ccnc1C1(C)C=CC=CC1. The van der Waals surface area contributed by atoms with Crippen LogP contribution < -0.4 is 0 Å². The van der Waals surface area contributed by atoms with Crippen molar-refractivity contribution < 1.29 is 0 Å². The Labute approximate surface area is 193 Å². The van der Waals surface area contributed by atoms with Crippen LogP contribution in [0.1, 0.15) is 142 Å². The Hall–Kier alpha value is -1.31. The molecular formula is C29H50N2. The first-order valence-corrected chi connectivity index (χ1v) is 13.5. The summed E-state index contributed by atoms with van der Waals surface area (Å²) in [4.78, 5) is 4.73. The van der Waals surface area contributed by atoms with Crippen LogP contribution in [0, 0.1) is 0 Å². The van der Waals surface area contributed by atoms with Crippen LogP contribution in [0.5, 0.6) is 0 Å². The van der Waals surface area contributed by atoms with Crippen LogP contribution in [0.15, 0.2) is 36.7 Å². The van der Waals surface area contributed by atoms with Gasteiger partial charge < -0.3 is 4.57 Å². The highest BCUT2D eigenvalue weighted by Crippen LogP contribution is 2.33. The molecule has 0 spiro atoms. The molecule has 2 rings (SSSR count). The fourth-order valence-electron chi connectivity index (χ4n) is 4.95. The fraction of sp³-hybridized carbons (Fsp3) is 0.759. The highest BCUT2D eigenvalue weighted by Gasteiger charge is 2.29. The second-order valence-electron chi connectivity index (χ2n) is 10.2. The summed E-state index contributed by atoms with van der Waals surface area (Å²) in [6.07, 6.45) is 36.8. The molecule has 176 valence electrons. The van der Waals surface area contributed by atoms with Crippen molar-refractivity contribution in [2.24, 2.45) is 0 Å². The maximum atomic E-state index is 4.73. The Balaban J connectivity index is 1.47. The van der Waals surface area contributed by atoms with E-state index in [0.29, 0.717) is 6.04 Å². The monoisotopic (exact) mass is 426 g/mol. The largest absolute Gasteiger partial charge is 0.331 e. The molecule has 0 aromatic carbocycles. The lowest BCUT2D eigenvalue weighted by Gasteiger charge is -2.29. The molecule has 0 radical (unpaired) electrons. The number of nitrogens with zero attached hydrogens (tertiary/aromatic N) is 2. The lowest BCUT2D eigenvalue weighted by molar-refractivity contribution is 0.421. The fourth-order valence-corrected chi connectivity index (χ4v) is 4.95.